The average Bonchev–Trinajstić information content (AvgIpc) is 2.64. The lowest BCUT2D eigenvalue weighted by molar-refractivity contribution is 0.764. The summed E-state index contributed by atoms with van der Waals surface area (Å²) < 4.78 is 0. The maximum atomic E-state index is 5.81. The highest BCUT2D eigenvalue weighted by molar-refractivity contribution is 8.14. The molecule has 1 heterocycles. The summed E-state index contributed by atoms with van der Waals surface area (Å²) >= 11 is 7.59. The number of nitrogens with zero attached hydrogens (tertiary/aromatic N) is 1. The summed E-state index contributed by atoms with van der Waals surface area (Å²) in [4.78, 5) is 4.50. The minimum atomic E-state index is 0.541. The van der Waals surface area contributed by atoms with E-state index < -0.39 is 0 Å². The Kier molecular flexibility index (Phi) is 3.54. The van der Waals surface area contributed by atoms with Crippen LogP contribution < -0.4 is 5.32 Å². The number of hydrogen-bond acceptors (Lipinski definition) is 2. The molecule has 1 unspecified atom stereocenters. The number of thioether (sulfide) groups is 1. The van der Waals surface area contributed by atoms with Crippen molar-refractivity contribution in [2.45, 2.75) is 19.5 Å². The Morgan fingerprint density at radius 1 is 1.47 bits per heavy atom. The van der Waals surface area contributed by atoms with Gasteiger partial charge in [-0.25, -0.2) is 0 Å². The lowest BCUT2D eigenvalue weighted by atomic mass is 10.2. The second-order valence-electron chi connectivity index (χ2n) is 3.60. The summed E-state index contributed by atoms with van der Waals surface area (Å²) in [6.07, 6.45) is 0. The molecule has 15 heavy (non-hydrogen) atoms. The molecule has 80 valence electrons. The van der Waals surface area contributed by atoms with Gasteiger partial charge in [0.2, 0.25) is 0 Å². The maximum Gasteiger partial charge on any atom is 0.157 e. The molecule has 0 bridgehead atoms. The molecule has 2 nitrogen and oxygen atoms in total. The summed E-state index contributed by atoms with van der Waals surface area (Å²) in [5.41, 5.74) is 1.19. The van der Waals surface area contributed by atoms with E-state index in [9.17, 15) is 0 Å². The van der Waals surface area contributed by atoms with Crippen molar-refractivity contribution < 1.29 is 0 Å². The third kappa shape index (κ3) is 3.14. The monoisotopic (exact) mass is 240 g/mol. The molecular weight excluding hydrogens is 228 g/mol. The van der Waals surface area contributed by atoms with E-state index >= 15 is 0 Å². The number of hydrogen-bond donors (Lipinski definition) is 1. The Bertz CT molecular complexity index is 361. The first-order valence-corrected chi connectivity index (χ1v) is 6.28. The van der Waals surface area contributed by atoms with Crippen LogP contribution in [0.25, 0.3) is 0 Å². The lowest BCUT2D eigenvalue weighted by Gasteiger charge is -2.01. The van der Waals surface area contributed by atoms with Crippen LogP contribution in [0.15, 0.2) is 29.3 Å². The van der Waals surface area contributed by atoms with Crippen molar-refractivity contribution in [3.05, 3.63) is 34.9 Å². The topological polar surface area (TPSA) is 24.4 Å². The third-order valence-corrected chi connectivity index (χ3v) is 3.60. The van der Waals surface area contributed by atoms with E-state index in [4.69, 9.17) is 11.6 Å². The van der Waals surface area contributed by atoms with Crippen LogP contribution >= 0.6 is 23.4 Å². The summed E-state index contributed by atoms with van der Waals surface area (Å²) in [5.74, 6) is 1.11. The zero-order valence-corrected chi connectivity index (χ0v) is 10.1. The van der Waals surface area contributed by atoms with Gasteiger partial charge in [-0.2, -0.15) is 0 Å². The van der Waals surface area contributed by atoms with Gasteiger partial charge in [-0.05, 0) is 24.6 Å². The van der Waals surface area contributed by atoms with E-state index in [1.54, 1.807) is 11.8 Å². The second kappa shape index (κ2) is 4.90. The van der Waals surface area contributed by atoms with Gasteiger partial charge in [-0.1, -0.05) is 35.5 Å². The number of nitrogens with one attached hydrogen (secondary N) is 1. The van der Waals surface area contributed by atoms with Gasteiger partial charge in [-0.3, -0.25) is 4.99 Å². The summed E-state index contributed by atoms with van der Waals surface area (Å²) in [5, 5.41) is 5.15. The molecule has 1 atom stereocenters. The highest BCUT2D eigenvalue weighted by atomic mass is 35.5. The fourth-order valence-electron chi connectivity index (χ4n) is 1.34. The van der Waals surface area contributed by atoms with Crippen LogP contribution in [0.4, 0.5) is 0 Å². The molecule has 1 aliphatic heterocycles. The molecule has 0 aliphatic carbocycles. The van der Waals surface area contributed by atoms with Crippen LogP contribution in [0.2, 0.25) is 5.02 Å². The normalized spacial score (nSPS) is 23.1. The van der Waals surface area contributed by atoms with E-state index in [2.05, 4.69) is 17.2 Å². The molecule has 0 aromatic heterocycles. The van der Waals surface area contributed by atoms with Crippen LogP contribution in [0, 0.1) is 0 Å². The SMILES string of the molecule is CC1CSC(=NCc2ccc(Cl)cc2)N1. The Balaban J connectivity index is 1.95. The van der Waals surface area contributed by atoms with E-state index in [1.807, 2.05) is 24.3 Å². The molecule has 0 spiro atoms. The molecule has 2 rings (SSSR count). The predicted octanol–water partition coefficient (Wildman–Crippen LogP) is 2.92. The van der Waals surface area contributed by atoms with Gasteiger partial charge in [-0.15, -0.1) is 0 Å². The molecule has 0 saturated carbocycles. The first-order chi connectivity index (χ1) is 7.24. The Labute approximate surface area is 99.1 Å². The van der Waals surface area contributed by atoms with Crippen LogP contribution in [0.3, 0.4) is 0 Å². The third-order valence-electron chi connectivity index (χ3n) is 2.16. The zero-order chi connectivity index (χ0) is 10.7. The van der Waals surface area contributed by atoms with Gasteiger partial charge in [0.05, 0.1) is 6.54 Å². The number of benzene rings is 1. The number of aliphatic imine (C=N–C) groups is 1. The van der Waals surface area contributed by atoms with E-state index in [1.165, 1.54) is 5.56 Å². The van der Waals surface area contributed by atoms with Gasteiger partial charge in [0.25, 0.3) is 0 Å². The Morgan fingerprint density at radius 2 is 2.20 bits per heavy atom. The summed E-state index contributed by atoms with van der Waals surface area (Å²) in [6, 6.07) is 8.35. The second-order valence-corrected chi connectivity index (χ2v) is 5.05. The highest BCUT2D eigenvalue weighted by Crippen LogP contribution is 2.15. The molecule has 1 N–H and O–H groups in total. The molecule has 1 fully saturated rings. The molecule has 1 aliphatic rings. The fourth-order valence-corrected chi connectivity index (χ4v) is 2.40. The van der Waals surface area contributed by atoms with Crippen molar-refractivity contribution in [2.75, 3.05) is 5.75 Å². The first-order valence-electron chi connectivity index (χ1n) is 4.92. The van der Waals surface area contributed by atoms with Gasteiger partial charge in [0.15, 0.2) is 5.17 Å². The van der Waals surface area contributed by atoms with Crippen molar-refractivity contribution in [3.63, 3.8) is 0 Å². The molecule has 0 radical (unpaired) electrons. The summed E-state index contributed by atoms with van der Waals surface area (Å²) in [6.45, 7) is 2.89. The van der Waals surface area contributed by atoms with Crippen LogP contribution in [0.1, 0.15) is 12.5 Å². The molecule has 0 amide bonds. The fraction of sp³-hybridized carbons (Fsp3) is 0.364. The Hall–Kier alpha value is -0.670. The first kappa shape index (κ1) is 10.8. The van der Waals surface area contributed by atoms with Crippen LogP contribution in [-0.4, -0.2) is 17.0 Å². The standard InChI is InChI=1S/C11H13ClN2S/c1-8-7-15-11(14-8)13-6-9-2-4-10(12)5-3-9/h2-5,8H,6-7H2,1H3,(H,13,14). The highest BCUT2D eigenvalue weighted by Gasteiger charge is 2.14. The number of amidine groups is 1. The summed E-state index contributed by atoms with van der Waals surface area (Å²) in [7, 11) is 0. The van der Waals surface area contributed by atoms with Crippen molar-refractivity contribution >= 4 is 28.5 Å². The average molecular weight is 241 g/mol. The smallest absolute Gasteiger partial charge is 0.157 e. The minimum Gasteiger partial charge on any atom is -0.362 e. The van der Waals surface area contributed by atoms with Crippen molar-refractivity contribution in [3.8, 4) is 0 Å². The largest absolute Gasteiger partial charge is 0.362 e. The lowest BCUT2D eigenvalue weighted by Crippen LogP contribution is -2.23. The predicted molar refractivity (Wildman–Crippen MR) is 67.6 cm³/mol. The van der Waals surface area contributed by atoms with Gasteiger partial charge in [0.1, 0.15) is 0 Å². The zero-order valence-electron chi connectivity index (χ0n) is 8.53. The van der Waals surface area contributed by atoms with Gasteiger partial charge < -0.3 is 5.32 Å². The number of halogens is 1. The van der Waals surface area contributed by atoms with Gasteiger partial charge in [0, 0.05) is 16.8 Å². The van der Waals surface area contributed by atoms with Crippen LogP contribution in [-0.2, 0) is 6.54 Å². The minimum absolute atomic E-state index is 0.541. The van der Waals surface area contributed by atoms with E-state index in [0.29, 0.717) is 6.04 Å². The molecule has 1 aromatic carbocycles. The molecule has 4 heteroatoms. The maximum absolute atomic E-state index is 5.81. The van der Waals surface area contributed by atoms with E-state index in [-0.39, 0.29) is 0 Å². The van der Waals surface area contributed by atoms with Crippen molar-refractivity contribution in [1.29, 1.82) is 0 Å². The van der Waals surface area contributed by atoms with Crippen molar-refractivity contribution in [1.82, 2.24) is 5.32 Å². The molecular formula is C11H13ClN2S. The van der Waals surface area contributed by atoms with Crippen molar-refractivity contribution in [2.24, 2.45) is 4.99 Å². The van der Waals surface area contributed by atoms with Crippen LogP contribution in [0.5, 0.6) is 0 Å². The quantitative estimate of drug-likeness (QED) is 0.860. The Morgan fingerprint density at radius 3 is 2.80 bits per heavy atom. The van der Waals surface area contributed by atoms with Gasteiger partial charge >= 0.3 is 0 Å². The molecule has 1 aromatic rings. The number of rotatable bonds is 2. The van der Waals surface area contributed by atoms with E-state index in [0.717, 1.165) is 22.5 Å². The molecule has 1 saturated heterocycles.